The van der Waals surface area contributed by atoms with Crippen LogP contribution in [0.3, 0.4) is 0 Å². The Morgan fingerprint density at radius 1 is 1.35 bits per heavy atom. The monoisotopic (exact) mass is 317 g/mol. The van der Waals surface area contributed by atoms with Crippen LogP contribution in [0.1, 0.15) is 50.7 Å². The molecule has 3 aliphatic rings. The summed E-state index contributed by atoms with van der Waals surface area (Å²) in [7, 11) is 0. The zero-order valence-corrected chi connectivity index (χ0v) is 13.6. The molecule has 2 saturated carbocycles. The third-order valence-electron chi connectivity index (χ3n) is 6.03. The second-order valence-electron chi connectivity index (χ2n) is 7.37. The third-order valence-corrected chi connectivity index (χ3v) is 6.03. The average molecular weight is 317 g/mol. The number of amides is 1. The van der Waals surface area contributed by atoms with Gasteiger partial charge in [0.1, 0.15) is 11.9 Å². The number of nitrogens with zero attached hydrogens (tertiary/aromatic N) is 1. The van der Waals surface area contributed by atoms with Gasteiger partial charge in [-0.15, -0.1) is 0 Å². The minimum Gasteiger partial charge on any atom is -0.370 e. The Balaban J connectivity index is 1.56. The van der Waals surface area contributed by atoms with Crippen LogP contribution in [-0.2, 0) is 9.53 Å². The van der Waals surface area contributed by atoms with Crippen molar-refractivity contribution in [2.75, 3.05) is 13.2 Å². The molecule has 3 nitrogen and oxygen atoms in total. The number of morpholine rings is 1. The molecule has 0 spiro atoms. The number of carbonyl (C=O) groups excluding carboxylic acids is 1. The molecule has 124 valence electrons. The molecule has 2 atom stereocenters. The summed E-state index contributed by atoms with van der Waals surface area (Å²) in [5, 5.41) is 0. The molecule has 23 heavy (non-hydrogen) atoms. The summed E-state index contributed by atoms with van der Waals surface area (Å²) in [6.07, 6.45) is 5.44. The molecule has 0 aromatic heterocycles. The molecule has 1 saturated heterocycles. The highest BCUT2D eigenvalue weighted by Gasteiger charge is 2.56. The first-order chi connectivity index (χ1) is 11.1. The Labute approximate surface area is 136 Å². The van der Waals surface area contributed by atoms with Crippen LogP contribution in [0.2, 0.25) is 0 Å². The van der Waals surface area contributed by atoms with Crippen LogP contribution in [0.4, 0.5) is 4.39 Å². The van der Waals surface area contributed by atoms with Crippen LogP contribution in [0.5, 0.6) is 0 Å². The number of carbonyl (C=O) groups is 1. The predicted octanol–water partition coefficient (Wildman–Crippen LogP) is 3.69. The molecule has 1 heterocycles. The number of hydrogen-bond acceptors (Lipinski definition) is 2. The van der Waals surface area contributed by atoms with Crippen molar-refractivity contribution in [1.29, 1.82) is 0 Å². The quantitative estimate of drug-likeness (QED) is 0.851. The number of ether oxygens (including phenoxy) is 1. The summed E-state index contributed by atoms with van der Waals surface area (Å²) < 4.78 is 19.4. The Hall–Kier alpha value is -1.42. The van der Waals surface area contributed by atoms with Crippen molar-refractivity contribution < 1.29 is 13.9 Å². The summed E-state index contributed by atoms with van der Waals surface area (Å²) in [5.74, 6) is 0.671. The van der Waals surface area contributed by atoms with Gasteiger partial charge in [0.2, 0.25) is 5.91 Å². The van der Waals surface area contributed by atoms with Gasteiger partial charge in [0.05, 0.1) is 18.1 Å². The van der Waals surface area contributed by atoms with Crippen molar-refractivity contribution in [2.45, 2.75) is 51.2 Å². The highest BCUT2D eigenvalue weighted by Crippen LogP contribution is 2.58. The van der Waals surface area contributed by atoms with Crippen molar-refractivity contribution in [3.63, 3.8) is 0 Å². The van der Waals surface area contributed by atoms with Crippen molar-refractivity contribution >= 4 is 5.91 Å². The molecule has 0 radical (unpaired) electrons. The first-order valence-corrected chi connectivity index (χ1v) is 8.80. The van der Waals surface area contributed by atoms with E-state index in [0.29, 0.717) is 25.0 Å². The molecular weight excluding hydrogens is 293 g/mol. The number of hydrogen-bond donors (Lipinski definition) is 0. The summed E-state index contributed by atoms with van der Waals surface area (Å²) in [4.78, 5) is 15.2. The first kappa shape index (κ1) is 15.1. The van der Waals surface area contributed by atoms with Crippen molar-refractivity contribution in [1.82, 2.24) is 4.90 Å². The van der Waals surface area contributed by atoms with Gasteiger partial charge >= 0.3 is 0 Å². The standard InChI is InChI=1S/C19H24FNO2/c1-13-17(14-4-2-5-16(20)12-14)23-11-10-21(13)18(22)19(8-3-9-19)15-6-7-15/h2,4-5,12-13,15,17H,3,6-11H2,1H3/t13-,17+/m1/s1. The van der Waals surface area contributed by atoms with Crippen LogP contribution in [-0.4, -0.2) is 30.0 Å². The molecule has 1 amide bonds. The second-order valence-corrected chi connectivity index (χ2v) is 7.37. The molecule has 3 fully saturated rings. The number of rotatable bonds is 3. The van der Waals surface area contributed by atoms with Crippen LogP contribution < -0.4 is 0 Å². The van der Waals surface area contributed by atoms with Gasteiger partial charge in [-0.3, -0.25) is 4.79 Å². The maximum absolute atomic E-state index is 13.5. The fraction of sp³-hybridized carbons (Fsp3) is 0.632. The van der Waals surface area contributed by atoms with Crippen LogP contribution in [0.25, 0.3) is 0 Å². The lowest BCUT2D eigenvalue weighted by molar-refractivity contribution is -0.163. The Morgan fingerprint density at radius 2 is 2.13 bits per heavy atom. The lowest BCUT2D eigenvalue weighted by atomic mass is 9.64. The van der Waals surface area contributed by atoms with E-state index < -0.39 is 0 Å². The number of benzene rings is 1. The highest BCUT2D eigenvalue weighted by molar-refractivity contribution is 5.85. The number of halogens is 1. The fourth-order valence-corrected chi connectivity index (χ4v) is 4.41. The van der Waals surface area contributed by atoms with Crippen LogP contribution in [0.15, 0.2) is 24.3 Å². The van der Waals surface area contributed by atoms with Gasteiger partial charge in [0, 0.05) is 6.54 Å². The minimum absolute atomic E-state index is 0.0470. The first-order valence-electron chi connectivity index (χ1n) is 8.80. The largest absolute Gasteiger partial charge is 0.370 e. The summed E-state index contributed by atoms with van der Waals surface area (Å²) in [6, 6.07) is 6.51. The van der Waals surface area contributed by atoms with Gasteiger partial charge in [-0.25, -0.2) is 4.39 Å². The molecule has 2 aliphatic carbocycles. The van der Waals surface area contributed by atoms with Gasteiger partial charge in [0.25, 0.3) is 0 Å². The third kappa shape index (κ3) is 2.47. The normalized spacial score (nSPS) is 29.9. The predicted molar refractivity (Wildman–Crippen MR) is 85.3 cm³/mol. The van der Waals surface area contributed by atoms with Crippen LogP contribution >= 0.6 is 0 Å². The molecule has 0 unspecified atom stereocenters. The lowest BCUT2D eigenvalue weighted by Gasteiger charge is -2.48. The Kier molecular flexibility index (Phi) is 3.67. The van der Waals surface area contributed by atoms with Gasteiger partial charge < -0.3 is 9.64 Å². The molecule has 0 bridgehead atoms. The van der Waals surface area contributed by atoms with Gasteiger partial charge in [-0.1, -0.05) is 18.6 Å². The Bertz CT molecular complexity index is 609. The van der Waals surface area contributed by atoms with E-state index in [0.717, 1.165) is 18.4 Å². The minimum atomic E-state index is -0.254. The molecule has 4 rings (SSSR count). The average Bonchev–Trinajstić information content (AvgIpc) is 3.31. The van der Waals surface area contributed by atoms with E-state index in [-0.39, 0.29) is 23.4 Å². The summed E-state index contributed by atoms with van der Waals surface area (Å²) >= 11 is 0. The van der Waals surface area contributed by atoms with Gasteiger partial charge in [0.15, 0.2) is 0 Å². The van der Waals surface area contributed by atoms with Crippen LogP contribution in [0, 0.1) is 17.2 Å². The molecular formula is C19H24FNO2. The zero-order chi connectivity index (χ0) is 16.0. The van der Waals surface area contributed by atoms with E-state index in [9.17, 15) is 9.18 Å². The van der Waals surface area contributed by atoms with E-state index in [4.69, 9.17) is 4.74 Å². The second kappa shape index (κ2) is 5.59. The van der Waals surface area contributed by atoms with Crippen molar-refractivity contribution in [2.24, 2.45) is 11.3 Å². The lowest BCUT2D eigenvalue weighted by Crippen LogP contribution is -2.56. The maximum atomic E-state index is 13.5. The maximum Gasteiger partial charge on any atom is 0.229 e. The van der Waals surface area contributed by atoms with E-state index in [1.807, 2.05) is 17.9 Å². The SMILES string of the molecule is C[C@@H]1[C@@H](c2cccc(F)c2)OCCN1C(=O)C1(C2CC2)CCC1. The van der Waals surface area contributed by atoms with E-state index >= 15 is 0 Å². The molecule has 1 aliphatic heterocycles. The van der Waals surface area contributed by atoms with Crippen molar-refractivity contribution in [3.05, 3.63) is 35.6 Å². The van der Waals surface area contributed by atoms with Crippen molar-refractivity contribution in [3.8, 4) is 0 Å². The zero-order valence-electron chi connectivity index (χ0n) is 13.6. The van der Waals surface area contributed by atoms with E-state index in [1.54, 1.807) is 6.07 Å². The van der Waals surface area contributed by atoms with E-state index in [2.05, 4.69) is 0 Å². The fourth-order valence-electron chi connectivity index (χ4n) is 4.41. The molecule has 1 aromatic carbocycles. The topological polar surface area (TPSA) is 29.5 Å². The summed E-state index contributed by atoms with van der Waals surface area (Å²) in [6.45, 7) is 3.21. The molecule has 1 aromatic rings. The Morgan fingerprint density at radius 3 is 2.74 bits per heavy atom. The summed E-state index contributed by atoms with van der Waals surface area (Å²) in [5.41, 5.74) is 0.738. The highest BCUT2D eigenvalue weighted by atomic mass is 19.1. The smallest absolute Gasteiger partial charge is 0.229 e. The molecule has 0 N–H and O–H groups in total. The molecule has 4 heteroatoms. The van der Waals surface area contributed by atoms with Gasteiger partial charge in [-0.2, -0.15) is 0 Å². The van der Waals surface area contributed by atoms with Gasteiger partial charge in [-0.05, 0) is 56.2 Å². The van der Waals surface area contributed by atoms with E-state index in [1.165, 1.54) is 31.4 Å².